The van der Waals surface area contributed by atoms with Gasteiger partial charge in [-0.15, -0.1) is 0 Å². The molecule has 1 aliphatic heterocycles. The van der Waals surface area contributed by atoms with Gasteiger partial charge < -0.3 is 10.6 Å². The lowest BCUT2D eigenvalue weighted by atomic mass is 9.96. The normalized spacial score (nSPS) is 15.6. The fourth-order valence-corrected chi connectivity index (χ4v) is 2.37. The van der Waals surface area contributed by atoms with Crippen molar-refractivity contribution in [2.24, 2.45) is 11.8 Å². The summed E-state index contributed by atoms with van der Waals surface area (Å²) in [5, 5.41) is 6.51. The molecule has 0 aliphatic carbocycles. The van der Waals surface area contributed by atoms with E-state index in [-0.39, 0.29) is 11.8 Å². The van der Waals surface area contributed by atoms with Crippen molar-refractivity contribution in [3.05, 3.63) is 29.3 Å². The molecule has 3 nitrogen and oxygen atoms in total. The van der Waals surface area contributed by atoms with Crippen LogP contribution in [0.2, 0.25) is 0 Å². The molecule has 2 rings (SSSR count). The highest BCUT2D eigenvalue weighted by atomic mass is 16.1. The number of carbonyl (C=O) groups excluding carboxylic acids is 1. The topological polar surface area (TPSA) is 41.1 Å². The van der Waals surface area contributed by atoms with Crippen LogP contribution in [-0.4, -0.2) is 12.5 Å². The van der Waals surface area contributed by atoms with E-state index in [1.807, 2.05) is 6.92 Å². The highest BCUT2D eigenvalue weighted by Crippen LogP contribution is 2.26. The Hall–Kier alpha value is -1.51. The summed E-state index contributed by atoms with van der Waals surface area (Å²) in [6.07, 6.45) is 2.32. The third-order valence-electron chi connectivity index (χ3n) is 4.03. The first-order chi connectivity index (χ1) is 9.09. The van der Waals surface area contributed by atoms with Crippen LogP contribution in [0.5, 0.6) is 0 Å². The van der Waals surface area contributed by atoms with Gasteiger partial charge in [0.1, 0.15) is 0 Å². The van der Waals surface area contributed by atoms with Crippen molar-refractivity contribution in [1.29, 1.82) is 0 Å². The fourth-order valence-electron chi connectivity index (χ4n) is 2.37. The number of anilines is 1. The molecule has 0 saturated carbocycles. The number of amides is 1. The number of aryl methyl sites for hydroxylation is 1. The zero-order valence-electron chi connectivity index (χ0n) is 12.1. The van der Waals surface area contributed by atoms with Gasteiger partial charge in [0.05, 0.1) is 0 Å². The summed E-state index contributed by atoms with van der Waals surface area (Å²) >= 11 is 0. The quantitative estimate of drug-likeness (QED) is 0.874. The standard InChI is InChI=1S/C16H24N2O/c1-11(2)12(3)16(19)18-10-14-7-4-6-13-8-5-9-17-15(13)14/h4,6-7,11-12,17H,5,8-10H2,1-3H3,(H,18,19). The number of benzene rings is 1. The predicted octanol–water partition coefficient (Wildman–Crippen LogP) is 2.95. The Balaban J connectivity index is 2.02. The lowest BCUT2D eigenvalue weighted by Gasteiger charge is -2.22. The molecule has 3 heteroatoms. The highest BCUT2D eigenvalue weighted by molar-refractivity contribution is 5.78. The molecule has 2 N–H and O–H groups in total. The number of hydrogen-bond acceptors (Lipinski definition) is 2. The van der Waals surface area contributed by atoms with Crippen molar-refractivity contribution in [1.82, 2.24) is 5.32 Å². The summed E-state index contributed by atoms with van der Waals surface area (Å²) in [5.74, 6) is 0.582. The van der Waals surface area contributed by atoms with E-state index in [2.05, 4.69) is 42.7 Å². The molecule has 1 aromatic rings. The molecule has 0 spiro atoms. The smallest absolute Gasteiger partial charge is 0.223 e. The Morgan fingerprint density at radius 3 is 2.89 bits per heavy atom. The van der Waals surface area contributed by atoms with E-state index in [0.717, 1.165) is 13.0 Å². The van der Waals surface area contributed by atoms with Crippen molar-refractivity contribution in [3.63, 3.8) is 0 Å². The van der Waals surface area contributed by atoms with E-state index >= 15 is 0 Å². The van der Waals surface area contributed by atoms with Crippen molar-refractivity contribution in [3.8, 4) is 0 Å². The molecular weight excluding hydrogens is 236 g/mol. The average molecular weight is 260 g/mol. The molecule has 104 valence electrons. The van der Waals surface area contributed by atoms with Crippen molar-refractivity contribution < 1.29 is 4.79 Å². The van der Waals surface area contributed by atoms with Crippen LogP contribution in [0.3, 0.4) is 0 Å². The maximum atomic E-state index is 12.0. The maximum absolute atomic E-state index is 12.0. The lowest BCUT2D eigenvalue weighted by Crippen LogP contribution is -2.31. The van der Waals surface area contributed by atoms with Gasteiger partial charge in [0.25, 0.3) is 0 Å². The largest absolute Gasteiger partial charge is 0.385 e. The molecular formula is C16H24N2O. The van der Waals surface area contributed by atoms with E-state index in [4.69, 9.17) is 0 Å². The van der Waals surface area contributed by atoms with E-state index in [0.29, 0.717) is 12.5 Å². The van der Waals surface area contributed by atoms with Crippen molar-refractivity contribution in [2.75, 3.05) is 11.9 Å². The fraction of sp³-hybridized carbons (Fsp3) is 0.562. The van der Waals surface area contributed by atoms with Gasteiger partial charge in [0.2, 0.25) is 5.91 Å². The Kier molecular flexibility index (Phi) is 4.46. The van der Waals surface area contributed by atoms with Crippen molar-refractivity contribution in [2.45, 2.75) is 40.2 Å². The molecule has 0 fully saturated rings. The van der Waals surface area contributed by atoms with Crippen LogP contribution in [-0.2, 0) is 17.8 Å². The number of hydrogen-bond donors (Lipinski definition) is 2. The maximum Gasteiger partial charge on any atom is 0.223 e. The van der Waals surface area contributed by atoms with Crippen LogP contribution in [0.15, 0.2) is 18.2 Å². The molecule has 1 aliphatic rings. The van der Waals surface area contributed by atoms with Gasteiger partial charge in [-0.3, -0.25) is 4.79 Å². The monoisotopic (exact) mass is 260 g/mol. The van der Waals surface area contributed by atoms with Crippen LogP contribution in [0.4, 0.5) is 5.69 Å². The van der Waals surface area contributed by atoms with Gasteiger partial charge in [-0.1, -0.05) is 39.0 Å². The first kappa shape index (κ1) is 13.9. The van der Waals surface area contributed by atoms with Crippen LogP contribution < -0.4 is 10.6 Å². The minimum Gasteiger partial charge on any atom is -0.385 e. The van der Waals surface area contributed by atoms with Gasteiger partial charge >= 0.3 is 0 Å². The second-order valence-electron chi connectivity index (χ2n) is 5.73. The predicted molar refractivity (Wildman–Crippen MR) is 79.1 cm³/mol. The number of nitrogens with one attached hydrogen (secondary N) is 2. The second kappa shape index (κ2) is 6.09. The second-order valence-corrected chi connectivity index (χ2v) is 5.73. The molecule has 1 aromatic carbocycles. The van der Waals surface area contributed by atoms with Crippen molar-refractivity contribution >= 4 is 11.6 Å². The Labute approximate surface area is 115 Å². The third kappa shape index (κ3) is 3.28. The summed E-state index contributed by atoms with van der Waals surface area (Å²) in [7, 11) is 0. The van der Waals surface area contributed by atoms with Gasteiger partial charge in [-0.2, -0.15) is 0 Å². The van der Waals surface area contributed by atoms with Gasteiger partial charge in [0, 0.05) is 24.7 Å². The van der Waals surface area contributed by atoms with Crippen LogP contribution >= 0.6 is 0 Å². The van der Waals surface area contributed by atoms with Gasteiger partial charge in [-0.05, 0) is 29.9 Å². The molecule has 0 aromatic heterocycles. The Morgan fingerprint density at radius 1 is 1.37 bits per heavy atom. The molecule has 1 atom stereocenters. The Bertz CT molecular complexity index is 454. The van der Waals surface area contributed by atoms with E-state index in [1.54, 1.807) is 0 Å². The zero-order chi connectivity index (χ0) is 13.8. The van der Waals surface area contributed by atoms with Crippen LogP contribution in [0.25, 0.3) is 0 Å². The van der Waals surface area contributed by atoms with E-state index in [1.165, 1.54) is 23.2 Å². The summed E-state index contributed by atoms with van der Waals surface area (Å²) in [6.45, 7) is 7.79. The Morgan fingerprint density at radius 2 is 2.16 bits per heavy atom. The first-order valence-corrected chi connectivity index (χ1v) is 7.22. The van der Waals surface area contributed by atoms with Gasteiger partial charge in [0.15, 0.2) is 0 Å². The molecule has 0 radical (unpaired) electrons. The molecule has 0 saturated heterocycles. The minimum absolute atomic E-state index is 0.0625. The molecule has 0 bridgehead atoms. The summed E-state index contributed by atoms with van der Waals surface area (Å²) in [6, 6.07) is 6.35. The average Bonchev–Trinajstić information content (AvgIpc) is 2.43. The summed E-state index contributed by atoms with van der Waals surface area (Å²) in [4.78, 5) is 12.0. The number of fused-ring (bicyclic) bond motifs is 1. The first-order valence-electron chi connectivity index (χ1n) is 7.22. The molecule has 19 heavy (non-hydrogen) atoms. The third-order valence-corrected chi connectivity index (χ3v) is 4.03. The summed E-state index contributed by atoms with van der Waals surface area (Å²) < 4.78 is 0. The van der Waals surface area contributed by atoms with E-state index < -0.39 is 0 Å². The molecule has 1 unspecified atom stereocenters. The van der Waals surface area contributed by atoms with Gasteiger partial charge in [-0.25, -0.2) is 0 Å². The zero-order valence-corrected chi connectivity index (χ0v) is 12.1. The van der Waals surface area contributed by atoms with Crippen LogP contribution in [0, 0.1) is 11.8 Å². The number of rotatable bonds is 4. The highest BCUT2D eigenvalue weighted by Gasteiger charge is 2.17. The number of para-hydroxylation sites is 1. The van der Waals surface area contributed by atoms with Crippen LogP contribution in [0.1, 0.15) is 38.3 Å². The molecule has 1 amide bonds. The SMILES string of the molecule is CC(C)C(C)C(=O)NCc1cccc2c1NCCC2. The summed E-state index contributed by atoms with van der Waals surface area (Å²) in [5.41, 5.74) is 3.79. The lowest BCUT2D eigenvalue weighted by molar-refractivity contribution is -0.125. The molecule has 1 heterocycles. The minimum atomic E-state index is 0.0625. The van der Waals surface area contributed by atoms with E-state index in [9.17, 15) is 4.79 Å². The number of carbonyl (C=O) groups is 1.